The second-order valence-electron chi connectivity index (χ2n) is 5.21. The average molecular weight is 248 g/mol. The van der Waals surface area contributed by atoms with Gasteiger partial charge in [0.2, 0.25) is 5.91 Å². The molecule has 1 aromatic rings. The van der Waals surface area contributed by atoms with E-state index >= 15 is 0 Å². The van der Waals surface area contributed by atoms with Crippen LogP contribution in [0.5, 0.6) is 0 Å². The molecule has 2 fully saturated rings. The number of nitrogens with one attached hydrogen (secondary N) is 1. The number of aliphatic hydroxyl groups is 2. The Morgan fingerprint density at radius 3 is 3.00 bits per heavy atom. The van der Waals surface area contributed by atoms with Gasteiger partial charge in [0.25, 0.3) is 0 Å². The number of carbonyl (C=O) groups is 1. The standard InChI is InChI=1S/C13H16N2O3/c1-14-11(17)12-6-9(12)5-10(16)13(12,18)8-3-2-4-15-7-8/h2-4,7,9-10,16,18H,5-6H2,1H3,(H,14,17). The van der Waals surface area contributed by atoms with Gasteiger partial charge in [-0.3, -0.25) is 9.78 Å². The molecule has 3 rings (SSSR count). The first-order chi connectivity index (χ1) is 8.57. The van der Waals surface area contributed by atoms with Crippen LogP contribution in [0.25, 0.3) is 0 Å². The maximum absolute atomic E-state index is 12.1. The number of amides is 1. The molecule has 3 N–H and O–H groups in total. The van der Waals surface area contributed by atoms with Gasteiger partial charge in [0, 0.05) is 25.0 Å². The summed E-state index contributed by atoms with van der Waals surface area (Å²) >= 11 is 0. The normalized spacial score (nSPS) is 41.3. The summed E-state index contributed by atoms with van der Waals surface area (Å²) in [5, 5.41) is 23.7. The highest BCUT2D eigenvalue weighted by atomic mass is 16.3. The second kappa shape index (κ2) is 3.52. The molecule has 0 radical (unpaired) electrons. The van der Waals surface area contributed by atoms with Crippen molar-refractivity contribution in [3.8, 4) is 0 Å². The molecular formula is C13H16N2O3. The van der Waals surface area contributed by atoms with E-state index in [4.69, 9.17) is 0 Å². The van der Waals surface area contributed by atoms with Crippen molar-refractivity contribution >= 4 is 5.91 Å². The molecule has 96 valence electrons. The monoisotopic (exact) mass is 248 g/mol. The Labute approximate surface area is 105 Å². The lowest BCUT2D eigenvalue weighted by atomic mass is 9.77. The minimum absolute atomic E-state index is 0.0534. The molecule has 18 heavy (non-hydrogen) atoms. The van der Waals surface area contributed by atoms with Gasteiger partial charge in [-0.15, -0.1) is 0 Å². The minimum Gasteiger partial charge on any atom is -0.390 e. The third kappa shape index (κ3) is 1.13. The van der Waals surface area contributed by atoms with E-state index in [0.29, 0.717) is 18.4 Å². The van der Waals surface area contributed by atoms with E-state index in [1.165, 1.54) is 6.20 Å². The Bertz CT molecular complexity index is 492. The molecule has 5 nitrogen and oxygen atoms in total. The average Bonchev–Trinajstić information content (AvgIpc) is 3.08. The van der Waals surface area contributed by atoms with Gasteiger partial charge >= 0.3 is 0 Å². The number of hydrogen-bond acceptors (Lipinski definition) is 4. The first-order valence-electron chi connectivity index (χ1n) is 6.10. The summed E-state index contributed by atoms with van der Waals surface area (Å²) < 4.78 is 0. The van der Waals surface area contributed by atoms with Crippen molar-refractivity contribution in [1.29, 1.82) is 0 Å². The third-order valence-corrected chi connectivity index (χ3v) is 4.51. The lowest BCUT2D eigenvalue weighted by molar-refractivity contribution is -0.149. The van der Waals surface area contributed by atoms with Crippen LogP contribution < -0.4 is 5.32 Å². The summed E-state index contributed by atoms with van der Waals surface area (Å²) in [5.41, 5.74) is -1.89. The number of pyridine rings is 1. The highest BCUT2D eigenvalue weighted by Gasteiger charge is 2.78. The summed E-state index contributed by atoms with van der Waals surface area (Å²) in [4.78, 5) is 16.1. The highest BCUT2D eigenvalue weighted by molar-refractivity contribution is 5.88. The molecular weight excluding hydrogens is 232 g/mol. The number of aliphatic hydroxyl groups excluding tert-OH is 1. The van der Waals surface area contributed by atoms with E-state index in [-0.39, 0.29) is 11.8 Å². The molecule has 0 saturated heterocycles. The number of carbonyl (C=O) groups excluding carboxylic acids is 1. The van der Waals surface area contributed by atoms with Crippen molar-refractivity contribution < 1.29 is 15.0 Å². The van der Waals surface area contributed by atoms with Gasteiger partial charge in [0.1, 0.15) is 5.60 Å². The fourth-order valence-electron chi connectivity index (χ4n) is 3.53. The van der Waals surface area contributed by atoms with Crippen LogP contribution in [0.15, 0.2) is 24.5 Å². The van der Waals surface area contributed by atoms with E-state index in [0.717, 1.165) is 0 Å². The van der Waals surface area contributed by atoms with Crippen LogP contribution in [0.4, 0.5) is 0 Å². The van der Waals surface area contributed by atoms with E-state index in [1.807, 2.05) is 0 Å². The van der Waals surface area contributed by atoms with Crippen molar-refractivity contribution in [2.45, 2.75) is 24.5 Å². The van der Waals surface area contributed by atoms with Crippen LogP contribution in [-0.2, 0) is 10.4 Å². The molecule has 0 aliphatic heterocycles. The molecule has 1 amide bonds. The van der Waals surface area contributed by atoms with Crippen molar-refractivity contribution in [2.24, 2.45) is 11.3 Å². The number of hydrogen-bond donors (Lipinski definition) is 3. The van der Waals surface area contributed by atoms with Gasteiger partial charge in [0.05, 0.1) is 11.5 Å². The molecule has 1 aromatic heterocycles. The first kappa shape index (κ1) is 11.6. The van der Waals surface area contributed by atoms with Gasteiger partial charge in [-0.05, 0) is 24.8 Å². The number of nitrogens with zero attached hydrogens (tertiary/aromatic N) is 1. The molecule has 0 spiro atoms. The molecule has 4 atom stereocenters. The molecule has 4 unspecified atom stereocenters. The largest absolute Gasteiger partial charge is 0.390 e. The van der Waals surface area contributed by atoms with E-state index in [9.17, 15) is 15.0 Å². The molecule has 2 aliphatic carbocycles. The minimum atomic E-state index is -1.52. The van der Waals surface area contributed by atoms with Crippen molar-refractivity contribution in [2.75, 3.05) is 7.05 Å². The van der Waals surface area contributed by atoms with Crippen LogP contribution in [0.3, 0.4) is 0 Å². The van der Waals surface area contributed by atoms with E-state index < -0.39 is 17.1 Å². The number of fused-ring (bicyclic) bond motifs is 1. The fraction of sp³-hybridized carbons (Fsp3) is 0.538. The van der Waals surface area contributed by atoms with Crippen molar-refractivity contribution in [3.63, 3.8) is 0 Å². The molecule has 5 heteroatoms. The van der Waals surface area contributed by atoms with Crippen LogP contribution >= 0.6 is 0 Å². The fourth-order valence-corrected chi connectivity index (χ4v) is 3.53. The number of rotatable bonds is 2. The zero-order valence-corrected chi connectivity index (χ0v) is 10.1. The van der Waals surface area contributed by atoms with E-state index in [2.05, 4.69) is 10.3 Å². The summed E-state index contributed by atoms with van der Waals surface area (Å²) in [6.07, 6.45) is 3.28. The van der Waals surface area contributed by atoms with Crippen LogP contribution in [-0.4, -0.2) is 34.3 Å². The lowest BCUT2D eigenvalue weighted by Gasteiger charge is -2.35. The van der Waals surface area contributed by atoms with Crippen molar-refractivity contribution in [3.05, 3.63) is 30.1 Å². The quantitative estimate of drug-likeness (QED) is 0.676. The smallest absolute Gasteiger partial charge is 0.229 e. The predicted molar refractivity (Wildman–Crippen MR) is 63.4 cm³/mol. The summed E-state index contributed by atoms with van der Waals surface area (Å²) in [7, 11) is 1.56. The maximum Gasteiger partial charge on any atom is 0.229 e. The van der Waals surface area contributed by atoms with Crippen LogP contribution in [0.1, 0.15) is 18.4 Å². The molecule has 2 aliphatic rings. The van der Waals surface area contributed by atoms with Crippen molar-refractivity contribution in [1.82, 2.24) is 10.3 Å². The Morgan fingerprint density at radius 2 is 2.39 bits per heavy atom. The highest BCUT2D eigenvalue weighted by Crippen LogP contribution is 2.71. The van der Waals surface area contributed by atoms with Crippen LogP contribution in [0.2, 0.25) is 0 Å². The Hall–Kier alpha value is -1.46. The first-order valence-corrected chi connectivity index (χ1v) is 6.10. The van der Waals surface area contributed by atoms with Gasteiger partial charge in [-0.1, -0.05) is 6.07 Å². The Kier molecular flexibility index (Phi) is 2.27. The molecule has 0 bridgehead atoms. The van der Waals surface area contributed by atoms with Crippen LogP contribution in [0, 0.1) is 11.3 Å². The zero-order valence-electron chi connectivity index (χ0n) is 10.1. The Balaban J connectivity index is 2.11. The predicted octanol–water partition coefficient (Wildman–Crippen LogP) is -0.214. The van der Waals surface area contributed by atoms with Gasteiger partial charge in [-0.2, -0.15) is 0 Å². The molecule has 0 aromatic carbocycles. The SMILES string of the molecule is CNC(=O)C12CC1CC(O)C2(O)c1cccnc1. The van der Waals surface area contributed by atoms with Gasteiger partial charge in [0.15, 0.2) is 0 Å². The van der Waals surface area contributed by atoms with Gasteiger partial charge in [-0.25, -0.2) is 0 Å². The van der Waals surface area contributed by atoms with E-state index in [1.54, 1.807) is 25.4 Å². The topological polar surface area (TPSA) is 82.5 Å². The second-order valence-corrected chi connectivity index (χ2v) is 5.21. The molecule has 1 heterocycles. The maximum atomic E-state index is 12.1. The summed E-state index contributed by atoms with van der Waals surface area (Å²) in [6, 6.07) is 3.41. The Morgan fingerprint density at radius 1 is 1.61 bits per heavy atom. The third-order valence-electron chi connectivity index (χ3n) is 4.51. The lowest BCUT2D eigenvalue weighted by Crippen LogP contribution is -2.50. The number of aromatic nitrogens is 1. The van der Waals surface area contributed by atoms with Gasteiger partial charge < -0.3 is 15.5 Å². The summed E-state index contributed by atoms with van der Waals surface area (Å²) in [6.45, 7) is 0. The zero-order chi connectivity index (χ0) is 13.0. The molecule has 2 saturated carbocycles. The summed E-state index contributed by atoms with van der Waals surface area (Å²) in [5.74, 6) is -0.145.